The Morgan fingerprint density at radius 3 is 2.50 bits per heavy atom. The third kappa shape index (κ3) is 3.26. The lowest BCUT2D eigenvalue weighted by Crippen LogP contribution is -2.41. The van der Waals surface area contributed by atoms with E-state index in [1.54, 1.807) is 0 Å². The zero-order valence-corrected chi connectivity index (χ0v) is 13.6. The van der Waals surface area contributed by atoms with E-state index in [-0.39, 0.29) is 5.25 Å². The minimum atomic E-state index is -3.35. The van der Waals surface area contributed by atoms with Gasteiger partial charge in [-0.25, -0.2) is 8.42 Å². The molecule has 2 N–H and O–H groups in total. The summed E-state index contributed by atoms with van der Waals surface area (Å²) in [6, 6.07) is 5.46. The van der Waals surface area contributed by atoms with Crippen molar-refractivity contribution in [2.24, 2.45) is 0 Å². The average molecular weight is 398 g/mol. The number of rotatable bonds is 3. The Morgan fingerprint density at radius 1 is 1.28 bits per heavy atom. The Labute approximate surface area is 124 Å². The van der Waals surface area contributed by atoms with Gasteiger partial charge in [-0.05, 0) is 63.4 Å². The van der Waals surface area contributed by atoms with Crippen LogP contribution in [0.3, 0.4) is 0 Å². The zero-order chi connectivity index (χ0) is 13.2. The molecule has 0 aromatic heterocycles. The number of sulfonamides is 1. The van der Waals surface area contributed by atoms with Crippen LogP contribution in [-0.4, -0.2) is 26.8 Å². The fourth-order valence-corrected chi connectivity index (χ4v) is 4.85. The van der Waals surface area contributed by atoms with Gasteiger partial charge in [0.25, 0.3) is 0 Å². The van der Waals surface area contributed by atoms with Crippen molar-refractivity contribution in [2.75, 3.05) is 17.8 Å². The van der Waals surface area contributed by atoms with Crippen molar-refractivity contribution < 1.29 is 8.42 Å². The van der Waals surface area contributed by atoms with Crippen LogP contribution in [0.4, 0.5) is 5.69 Å². The molecule has 1 aromatic carbocycles. The van der Waals surface area contributed by atoms with Gasteiger partial charge >= 0.3 is 0 Å². The number of benzene rings is 1. The molecule has 1 aliphatic rings. The number of halogens is 2. The summed E-state index contributed by atoms with van der Waals surface area (Å²) in [4.78, 5) is 0. The quantitative estimate of drug-likeness (QED) is 0.824. The number of anilines is 1. The van der Waals surface area contributed by atoms with E-state index in [1.807, 2.05) is 18.2 Å². The van der Waals surface area contributed by atoms with E-state index >= 15 is 0 Å². The van der Waals surface area contributed by atoms with E-state index in [2.05, 4.69) is 41.9 Å². The van der Waals surface area contributed by atoms with Gasteiger partial charge in [-0.2, -0.15) is 0 Å². The molecule has 0 spiro atoms. The Hall–Kier alpha value is -0.110. The van der Waals surface area contributed by atoms with E-state index in [4.69, 9.17) is 0 Å². The van der Waals surface area contributed by atoms with E-state index < -0.39 is 10.0 Å². The highest BCUT2D eigenvalue weighted by atomic mass is 79.9. The summed E-state index contributed by atoms with van der Waals surface area (Å²) in [5.74, 6) is 0. The normalized spacial score (nSPS) is 20.7. The molecule has 1 aliphatic heterocycles. The molecule has 1 fully saturated rings. The topological polar surface area (TPSA) is 58.2 Å². The average Bonchev–Trinajstić information content (AvgIpc) is 2.35. The largest absolute Gasteiger partial charge is 0.315 e. The van der Waals surface area contributed by atoms with Crippen molar-refractivity contribution in [3.8, 4) is 0 Å². The maximum absolute atomic E-state index is 12.3. The van der Waals surface area contributed by atoms with Gasteiger partial charge < -0.3 is 5.32 Å². The van der Waals surface area contributed by atoms with Crippen molar-refractivity contribution in [3.63, 3.8) is 0 Å². The van der Waals surface area contributed by atoms with Gasteiger partial charge in [-0.15, -0.1) is 0 Å². The fourth-order valence-electron chi connectivity index (χ4n) is 1.91. The van der Waals surface area contributed by atoms with Crippen molar-refractivity contribution in [1.82, 2.24) is 5.32 Å². The van der Waals surface area contributed by atoms with E-state index in [9.17, 15) is 8.42 Å². The molecule has 0 saturated carbocycles. The van der Waals surface area contributed by atoms with Gasteiger partial charge in [0.05, 0.1) is 10.9 Å². The van der Waals surface area contributed by atoms with Crippen LogP contribution >= 0.6 is 31.9 Å². The SMILES string of the molecule is O=S(=O)(Nc1c(Br)cccc1Br)C1CCCNC1. The minimum absolute atomic E-state index is 0.370. The zero-order valence-electron chi connectivity index (χ0n) is 9.62. The lowest BCUT2D eigenvalue weighted by molar-refractivity contribution is 0.499. The molecule has 18 heavy (non-hydrogen) atoms. The number of piperidine rings is 1. The van der Waals surface area contributed by atoms with Crippen molar-refractivity contribution in [3.05, 3.63) is 27.1 Å². The molecule has 100 valence electrons. The molecule has 0 amide bonds. The molecule has 1 aromatic rings. The van der Waals surface area contributed by atoms with Crippen molar-refractivity contribution >= 4 is 47.6 Å². The van der Waals surface area contributed by atoms with Crippen LogP contribution in [0.25, 0.3) is 0 Å². The smallest absolute Gasteiger partial charge is 0.236 e. The summed E-state index contributed by atoms with van der Waals surface area (Å²) >= 11 is 6.70. The van der Waals surface area contributed by atoms with E-state index in [0.717, 1.165) is 21.9 Å². The summed E-state index contributed by atoms with van der Waals surface area (Å²) in [6.45, 7) is 1.40. The van der Waals surface area contributed by atoms with Crippen molar-refractivity contribution in [2.45, 2.75) is 18.1 Å². The van der Waals surface area contributed by atoms with Crippen LogP contribution in [-0.2, 0) is 10.0 Å². The van der Waals surface area contributed by atoms with Crippen LogP contribution in [0.2, 0.25) is 0 Å². The molecular weight excluding hydrogens is 384 g/mol. The van der Waals surface area contributed by atoms with Crippen LogP contribution in [0, 0.1) is 0 Å². The van der Waals surface area contributed by atoms with Gasteiger partial charge in [0.1, 0.15) is 0 Å². The molecule has 1 unspecified atom stereocenters. The first-order valence-electron chi connectivity index (χ1n) is 5.67. The first-order chi connectivity index (χ1) is 8.50. The predicted octanol–water partition coefficient (Wildman–Crippen LogP) is 2.71. The van der Waals surface area contributed by atoms with Gasteiger partial charge in [0.2, 0.25) is 10.0 Å². The Balaban J connectivity index is 2.22. The lowest BCUT2D eigenvalue weighted by atomic mass is 10.2. The summed E-state index contributed by atoms with van der Waals surface area (Å²) in [7, 11) is -3.35. The molecule has 0 bridgehead atoms. The Bertz CT molecular complexity index is 508. The van der Waals surface area contributed by atoms with Gasteiger partial charge in [0, 0.05) is 15.5 Å². The summed E-state index contributed by atoms with van der Waals surface area (Å²) in [5, 5.41) is 2.74. The molecule has 1 atom stereocenters. The first kappa shape index (κ1) is 14.3. The first-order valence-corrected chi connectivity index (χ1v) is 8.80. The van der Waals surface area contributed by atoms with Crippen LogP contribution in [0.15, 0.2) is 27.1 Å². The number of para-hydroxylation sites is 1. The Morgan fingerprint density at radius 2 is 1.94 bits per heavy atom. The van der Waals surface area contributed by atoms with E-state index in [0.29, 0.717) is 18.7 Å². The fraction of sp³-hybridized carbons (Fsp3) is 0.455. The van der Waals surface area contributed by atoms with E-state index in [1.165, 1.54) is 0 Å². The standard InChI is InChI=1S/C11H14Br2N2O2S/c12-9-4-1-5-10(13)11(9)15-18(16,17)8-3-2-6-14-7-8/h1,4-5,8,14-15H,2-3,6-7H2. The van der Waals surface area contributed by atoms with Crippen molar-refractivity contribution in [1.29, 1.82) is 0 Å². The third-order valence-electron chi connectivity index (χ3n) is 2.90. The molecule has 2 rings (SSSR count). The molecular formula is C11H14Br2N2O2S. The molecule has 4 nitrogen and oxygen atoms in total. The number of hydrogen-bond acceptors (Lipinski definition) is 3. The highest BCUT2D eigenvalue weighted by molar-refractivity contribution is 9.11. The molecule has 7 heteroatoms. The van der Waals surface area contributed by atoms with Gasteiger partial charge in [0.15, 0.2) is 0 Å². The highest BCUT2D eigenvalue weighted by Gasteiger charge is 2.28. The summed E-state index contributed by atoms with van der Waals surface area (Å²) in [6.07, 6.45) is 1.59. The van der Waals surface area contributed by atoms with Crippen LogP contribution in [0.5, 0.6) is 0 Å². The molecule has 1 heterocycles. The third-order valence-corrected chi connectivity index (χ3v) is 5.99. The maximum atomic E-state index is 12.3. The van der Waals surface area contributed by atoms with Crippen LogP contribution < -0.4 is 10.0 Å². The van der Waals surface area contributed by atoms with Gasteiger partial charge in [-0.3, -0.25) is 4.72 Å². The monoisotopic (exact) mass is 396 g/mol. The van der Waals surface area contributed by atoms with Gasteiger partial charge in [-0.1, -0.05) is 6.07 Å². The molecule has 0 aliphatic carbocycles. The second-order valence-electron chi connectivity index (χ2n) is 4.21. The van der Waals surface area contributed by atoms with Crippen LogP contribution in [0.1, 0.15) is 12.8 Å². The minimum Gasteiger partial charge on any atom is -0.315 e. The second-order valence-corrected chi connectivity index (χ2v) is 7.88. The lowest BCUT2D eigenvalue weighted by Gasteiger charge is -2.24. The second kappa shape index (κ2) is 5.90. The number of nitrogens with one attached hydrogen (secondary N) is 2. The molecule has 0 radical (unpaired) electrons. The summed E-state index contributed by atoms with van der Waals surface area (Å²) in [5.41, 5.74) is 0.558. The maximum Gasteiger partial charge on any atom is 0.236 e. The molecule has 1 saturated heterocycles. The Kier molecular flexibility index (Phi) is 4.69. The predicted molar refractivity (Wildman–Crippen MR) is 80.3 cm³/mol. The summed E-state index contributed by atoms with van der Waals surface area (Å²) < 4.78 is 28.6. The highest BCUT2D eigenvalue weighted by Crippen LogP contribution is 2.32. The number of hydrogen-bond donors (Lipinski definition) is 2.